The van der Waals surface area contributed by atoms with Crippen molar-refractivity contribution >= 4 is 5.96 Å². The maximum absolute atomic E-state index is 6.33. The first-order valence-corrected chi connectivity index (χ1v) is 11.1. The number of nitrogens with zero attached hydrogens (tertiary/aromatic N) is 4. The molecule has 1 aliphatic carbocycles. The van der Waals surface area contributed by atoms with Gasteiger partial charge in [0.05, 0.1) is 32.6 Å². The van der Waals surface area contributed by atoms with Crippen LogP contribution in [0.1, 0.15) is 42.9 Å². The lowest BCUT2D eigenvalue weighted by Gasteiger charge is -2.34. The Bertz CT molecular complexity index is 891. The van der Waals surface area contributed by atoms with Crippen LogP contribution in [-0.2, 0) is 18.3 Å². The van der Waals surface area contributed by atoms with E-state index in [1.165, 1.54) is 12.8 Å². The van der Waals surface area contributed by atoms with Gasteiger partial charge >= 0.3 is 0 Å². The predicted molar refractivity (Wildman–Crippen MR) is 120 cm³/mol. The van der Waals surface area contributed by atoms with Gasteiger partial charge in [-0.25, -0.2) is 0 Å². The molecule has 1 atom stereocenters. The number of hydrogen-bond donors (Lipinski definition) is 1. The van der Waals surface area contributed by atoms with Crippen molar-refractivity contribution in [3.8, 4) is 11.5 Å². The van der Waals surface area contributed by atoms with E-state index in [1.807, 2.05) is 38.6 Å². The Morgan fingerprint density at radius 3 is 2.87 bits per heavy atom. The van der Waals surface area contributed by atoms with E-state index < -0.39 is 0 Å². The molecule has 8 heteroatoms. The van der Waals surface area contributed by atoms with Crippen LogP contribution in [0.5, 0.6) is 11.5 Å². The number of aryl methyl sites for hydroxylation is 1. The Morgan fingerprint density at radius 2 is 2.16 bits per heavy atom. The second kappa shape index (κ2) is 10.0. The van der Waals surface area contributed by atoms with Crippen LogP contribution in [0.3, 0.4) is 0 Å². The minimum Gasteiger partial charge on any atom is -0.497 e. The first-order valence-electron chi connectivity index (χ1n) is 11.1. The van der Waals surface area contributed by atoms with Crippen LogP contribution >= 0.6 is 0 Å². The lowest BCUT2D eigenvalue weighted by atomic mass is 10.1. The molecule has 1 unspecified atom stereocenters. The summed E-state index contributed by atoms with van der Waals surface area (Å²) < 4.78 is 19.5. The fraction of sp³-hybridized carbons (Fsp3) is 0.565. The molecule has 1 saturated heterocycles. The van der Waals surface area contributed by atoms with Gasteiger partial charge in [0.25, 0.3) is 0 Å². The number of methoxy groups -OCH3 is 1. The molecule has 1 saturated carbocycles. The second-order valence-corrected chi connectivity index (χ2v) is 8.15. The number of morpholine rings is 1. The number of rotatable bonds is 6. The molecular weight excluding hydrogens is 394 g/mol. The molecule has 2 aliphatic rings. The minimum atomic E-state index is -0.0109. The summed E-state index contributed by atoms with van der Waals surface area (Å²) in [5.74, 6) is 2.57. The van der Waals surface area contributed by atoms with Crippen LogP contribution < -0.4 is 14.8 Å². The van der Waals surface area contributed by atoms with E-state index in [0.29, 0.717) is 19.3 Å². The predicted octanol–water partition coefficient (Wildman–Crippen LogP) is 2.90. The van der Waals surface area contributed by atoms with Crippen molar-refractivity contribution in [3.63, 3.8) is 0 Å². The third-order valence-corrected chi connectivity index (χ3v) is 5.98. The van der Waals surface area contributed by atoms with Gasteiger partial charge < -0.3 is 24.4 Å². The van der Waals surface area contributed by atoms with E-state index in [1.54, 1.807) is 11.8 Å². The summed E-state index contributed by atoms with van der Waals surface area (Å²) in [7, 11) is 5.43. The van der Waals surface area contributed by atoms with E-state index in [4.69, 9.17) is 14.2 Å². The lowest BCUT2D eigenvalue weighted by molar-refractivity contribution is -0.00805. The highest BCUT2D eigenvalue weighted by molar-refractivity contribution is 5.80. The topological polar surface area (TPSA) is 73.1 Å². The molecule has 1 N–H and O–H groups in total. The molecule has 8 nitrogen and oxygen atoms in total. The first-order chi connectivity index (χ1) is 15.2. The van der Waals surface area contributed by atoms with E-state index in [0.717, 1.165) is 54.5 Å². The van der Waals surface area contributed by atoms with Crippen molar-refractivity contribution < 1.29 is 14.2 Å². The Kier molecular flexibility index (Phi) is 6.96. The van der Waals surface area contributed by atoms with Gasteiger partial charge in [0.1, 0.15) is 17.6 Å². The highest BCUT2D eigenvalue weighted by Gasteiger charge is 2.25. The van der Waals surface area contributed by atoms with Gasteiger partial charge in [-0.15, -0.1) is 0 Å². The van der Waals surface area contributed by atoms with Crippen LogP contribution in [0.4, 0.5) is 0 Å². The zero-order valence-corrected chi connectivity index (χ0v) is 18.7. The molecule has 2 fully saturated rings. The molecule has 1 aromatic heterocycles. The molecule has 0 bridgehead atoms. The second-order valence-electron chi connectivity index (χ2n) is 8.15. The summed E-state index contributed by atoms with van der Waals surface area (Å²) in [5.41, 5.74) is 2.19. The van der Waals surface area contributed by atoms with E-state index in [2.05, 4.69) is 26.4 Å². The van der Waals surface area contributed by atoms with Crippen LogP contribution in [0.15, 0.2) is 35.6 Å². The Labute approximate surface area is 184 Å². The molecule has 2 aromatic rings. The van der Waals surface area contributed by atoms with Crippen molar-refractivity contribution in [2.24, 2.45) is 12.0 Å². The van der Waals surface area contributed by atoms with E-state index >= 15 is 0 Å². The van der Waals surface area contributed by atoms with Crippen LogP contribution in [0, 0.1) is 0 Å². The highest BCUT2D eigenvalue weighted by Crippen LogP contribution is 2.30. The summed E-state index contributed by atoms with van der Waals surface area (Å²) >= 11 is 0. The number of hydrogen-bond acceptors (Lipinski definition) is 5. The van der Waals surface area contributed by atoms with Crippen molar-refractivity contribution in [1.82, 2.24) is 20.0 Å². The van der Waals surface area contributed by atoms with Crippen molar-refractivity contribution in [1.29, 1.82) is 0 Å². The molecule has 4 rings (SSSR count). The maximum Gasteiger partial charge on any atom is 0.194 e. The Hall–Kier alpha value is -2.74. The molecule has 168 valence electrons. The average Bonchev–Trinajstić information content (AvgIpc) is 3.47. The number of benzene rings is 1. The van der Waals surface area contributed by atoms with Crippen molar-refractivity contribution in [2.75, 3.05) is 33.9 Å². The number of aliphatic imine (C=N–C) groups is 1. The van der Waals surface area contributed by atoms with E-state index in [-0.39, 0.29) is 6.10 Å². The van der Waals surface area contributed by atoms with Gasteiger partial charge in [-0.2, -0.15) is 5.10 Å². The van der Waals surface area contributed by atoms with Gasteiger partial charge in [-0.1, -0.05) is 0 Å². The Balaban J connectivity index is 1.42. The first kappa shape index (κ1) is 21.5. The van der Waals surface area contributed by atoms with Gasteiger partial charge in [0.2, 0.25) is 0 Å². The summed E-state index contributed by atoms with van der Waals surface area (Å²) in [6.07, 6.45) is 8.88. The smallest absolute Gasteiger partial charge is 0.194 e. The van der Waals surface area contributed by atoms with Gasteiger partial charge in [-0.3, -0.25) is 9.67 Å². The van der Waals surface area contributed by atoms with Crippen LogP contribution in [0.2, 0.25) is 0 Å². The maximum atomic E-state index is 6.33. The monoisotopic (exact) mass is 427 g/mol. The zero-order chi connectivity index (χ0) is 21.6. The van der Waals surface area contributed by atoms with Crippen LogP contribution in [-0.4, -0.2) is 60.6 Å². The van der Waals surface area contributed by atoms with Gasteiger partial charge in [0.15, 0.2) is 5.96 Å². The lowest BCUT2D eigenvalue weighted by Crippen LogP contribution is -2.47. The summed E-state index contributed by atoms with van der Waals surface area (Å²) in [6.45, 7) is 2.82. The number of nitrogens with one attached hydrogen (secondary N) is 1. The zero-order valence-electron chi connectivity index (χ0n) is 18.7. The van der Waals surface area contributed by atoms with Crippen molar-refractivity contribution in [3.05, 3.63) is 41.7 Å². The van der Waals surface area contributed by atoms with Crippen LogP contribution in [0.25, 0.3) is 0 Å². The quantitative estimate of drug-likeness (QED) is 0.565. The Morgan fingerprint density at radius 1 is 1.32 bits per heavy atom. The average molecular weight is 428 g/mol. The van der Waals surface area contributed by atoms with Crippen molar-refractivity contribution in [2.45, 2.75) is 44.4 Å². The molecule has 1 aliphatic heterocycles. The third kappa shape index (κ3) is 5.31. The minimum absolute atomic E-state index is 0.0109. The molecule has 0 radical (unpaired) electrons. The standard InChI is InChI=1S/C23H33N5O3/c1-24-23(28-10-11-30-22(16-28)18-14-26-27(2)15-18)25-13-17-8-9-20(29-3)12-21(17)31-19-6-4-5-7-19/h8-9,12,14-15,19,22H,4-7,10-11,13,16H2,1-3H3,(H,24,25). The fourth-order valence-corrected chi connectivity index (χ4v) is 4.26. The molecule has 1 aromatic carbocycles. The number of aromatic nitrogens is 2. The molecule has 0 amide bonds. The van der Waals surface area contributed by atoms with E-state index in [9.17, 15) is 0 Å². The molecule has 31 heavy (non-hydrogen) atoms. The summed E-state index contributed by atoms with van der Waals surface area (Å²) in [6, 6.07) is 6.04. The summed E-state index contributed by atoms with van der Waals surface area (Å²) in [5, 5.41) is 7.79. The van der Waals surface area contributed by atoms with Gasteiger partial charge in [-0.05, 0) is 37.8 Å². The third-order valence-electron chi connectivity index (χ3n) is 5.98. The largest absolute Gasteiger partial charge is 0.497 e. The SMILES string of the molecule is CN=C(NCc1ccc(OC)cc1OC1CCCC1)N1CCOC(c2cnn(C)c2)C1. The highest BCUT2D eigenvalue weighted by atomic mass is 16.5. The fourth-order valence-electron chi connectivity index (χ4n) is 4.26. The van der Waals surface area contributed by atoms with Gasteiger partial charge in [0, 0.05) is 50.6 Å². The number of ether oxygens (including phenoxy) is 3. The summed E-state index contributed by atoms with van der Waals surface area (Å²) in [4.78, 5) is 6.75. The molecule has 2 heterocycles. The molecular formula is C23H33N5O3. The molecule has 0 spiro atoms. The normalized spacial score (nSPS) is 20.2. The number of guanidine groups is 1.